The quantitative estimate of drug-likeness (QED) is 0.325. The Morgan fingerprint density at radius 1 is 1.38 bits per heavy atom. The molecule has 0 rings (SSSR count). The Labute approximate surface area is 47.6 Å². The second kappa shape index (κ2) is 3.80. The minimum atomic E-state index is -1.41. The van der Waals surface area contributed by atoms with E-state index in [4.69, 9.17) is 21.1 Å². The van der Waals surface area contributed by atoms with Crippen molar-refractivity contribution < 1.29 is 15.3 Å². The fourth-order valence-electron chi connectivity index (χ4n) is 0.345. The molecule has 0 aliphatic carbocycles. The molecular weight excluding hydrogens is 110 g/mol. The summed E-state index contributed by atoms with van der Waals surface area (Å²) in [6.45, 7) is -0.211. The predicted molar refractivity (Wildman–Crippen MR) is 27.9 cm³/mol. The highest BCUT2D eigenvalue weighted by atomic mass is 16.5. The molecule has 0 saturated carbocycles. The standard InChI is InChI=1S/C4H11NO3/c5-3(2-6)1-4(7)8/h3-4,6-8H,1-2,5H2. The fraction of sp³-hybridized carbons (Fsp3) is 1.00. The largest absolute Gasteiger partial charge is 0.395 e. The average molecular weight is 121 g/mol. The van der Waals surface area contributed by atoms with Crippen LogP contribution in [0.3, 0.4) is 0 Å². The maximum absolute atomic E-state index is 8.24. The van der Waals surface area contributed by atoms with E-state index in [1.54, 1.807) is 0 Å². The van der Waals surface area contributed by atoms with Gasteiger partial charge in [-0.2, -0.15) is 0 Å². The number of rotatable bonds is 3. The SMILES string of the molecule is NC(CO)CC(O)O. The van der Waals surface area contributed by atoms with Gasteiger partial charge in [-0.25, -0.2) is 0 Å². The van der Waals surface area contributed by atoms with Crippen LogP contribution in [0.1, 0.15) is 6.42 Å². The second-order valence-electron chi connectivity index (χ2n) is 1.66. The zero-order chi connectivity index (χ0) is 6.57. The van der Waals surface area contributed by atoms with Crippen molar-refractivity contribution in [1.82, 2.24) is 0 Å². The highest BCUT2D eigenvalue weighted by Gasteiger charge is 2.04. The molecule has 0 heterocycles. The van der Waals surface area contributed by atoms with Crippen molar-refractivity contribution in [3.05, 3.63) is 0 Å². The van der Waals surface area contributed by atoms with Crippen LogP contribution >= 0.6 is 0 Å². The minimum absolute atomic E-state index is 0.0243. The summed E-state index contributed by atoms with van der Waals surface area (Å²) in [6, 6.07) is -0.519. The minimum Gasteiger partial charge on any atom is -0.395 e. The van der Waals surface area contributed by atoms with Gasteiger partial charge in [-0.1, -0.05) is 0 Å². The highest BCUT2D eigenvalue weighted by molar-refractivity contribution is 4.58. The maximum atomic E-state index is 8.24. The van der Waals surface area contributed by atoms with Crippen LogP contribution in [0.4, 0.5) is 0 Å². The molecule has 50 valence electrons. The first-order chi connectivity index (χ1) is 3.66. The Bertz CT molecular complexity index is 57.2. The fourth-order valence-corrected chi connectivity index (χ4v) is 0.345. The van der Waals surface area contributed by atoms with Crippen LogP contribution in [-0.4, -0.2) is 34.3 Å². The summed E-state index contributed by atoms with van der Waals surface area (Å²) < 4.78 is 0. The lowest BCUT2D eigenvalue weighted by Crippen LogP contribution is -2.29. The van der Waals surface area contributed by atoms with E-state index in [0.29, 0.717) is 0 Å². The Kier molecular flexibility index (Phi) is 3.72. The Morgan fingerprint density at radius 2 is 1.88 bits per heavy atom. The smallest absolute Gasteiger partial charge is 0.153 e. The number of aliphatic hydroxyl groups is 3. The molecule has 5 N–H and O–H groups in total. The van der Waals surface area contributed by atoms with Crippen LogP contribution in [0.15, 0.2) is 0 Å². The topological polar surface area (TPSA) is 86.7 Å². The van der Waals surface area contributed by atoms with Crippen molar-refractivity contribution in [3.8, 4) is 0 Å². The molecule has 0 aromatic carbocycles. The van der Waals surface area contributed by atoms with Crippen LogP contribution in [0.5, 0.6) is 0 Å². The number of aliphatic hydroxyl groups excluding tert-OH is 2. The summed E-state index contributed by atoms with van der Waals surface area (Å²) in [4.78, 5) is 0. The molecule has 0 radical (unpaired) electrons. The van der Waals surface area contributed by atoms with Gasteiger partial charge in [0.15, 0.2) is 6.29 Å². The molecule has 0 aliphatic rings. The molecule has 4 heteroatoms. The van der Waals surface area contributed by atoms with Gasteiger partial charge in [0.2, 0.25) is 0 Å². The monoisotopic (exact) mass is 121 g/mol. The summed E-state index contributed by atoms with van der Waals surface area (Å²) in [5.74, 6) is 0. The van der Waals surface area contributed by atoms with Crippen LogP contribution in [-0.2, 0) is 0 Å². The third kappa shape index (κ3) is 4.01. The predicted octanol–water partition coefficient (Wildman–Crippen LogP) is -1.99. The maximum Gasteiger partial charge on any atom is 0.153 e. The molecule has 0 aliphatic heterocycles. The Balaban J connectivity index is 3.10. The molecule has 0 saturated heterocycles. The van der Waals surface area contributed by atoms with E-state index < -0.39 is 12.3 Å². The van der Waals surface area contributed by atoms with E-state index in [2.05, 4.69) is 0 Å². The van der Waals surface area contributed by atoms with E-state index in [9.17, 15) is 0 Å². The van der Waals surface area contributed by atoms with Gasteiger partial charge in [0.05, 0.1) is 6.61 Å². The molecule has 4 nitrogen and oxygen atoms in total. The van der Waals surface area contributed by atoms with Crippen LogP contribution in [0, 0.1) is 0 Å². The van der Waals surface area contributed by atoms with Crippen LogP contribution < -0.4 is 5.73 Å². The van der Waals surface area contributed by atoms with E-state index >= 15 is 0 Å². The molecule has 0 fully saturated rings. The first-order valence-corrected chi connectivity index (χ1v) is 2.39. The van der Waals surface area contributed by atoms with E-state index in [0.717, 1.165) is 0 Å². The lowest BCUT2D eigenvalue weighted by molar-refractivity contribution is -0.0520. The zero-order valence-electron chi connectivity index (χ0n) is 4.49. The zero-order valence-corrected chi connectivity index (χ0v) is 4.49. The van der Waals surface area contributed by atoms with Gasteiger partial charge in [-0.05, 0) is 0 Å². The molecule has 0 bridgehead atoms. The highest BCUT2D eigenvalue weighted by Crippen LogP contribution is 1.89. The van der Waals surface area contributed by atoms with Crippen LogP contribution in [0.2, 0.25) is 0 Å². The number of nitrogens with two attached hydrogens (primary N) is 1. The lowest BCUT2D eigenvalue weighted by Gasteiger charge is -2.07. The average Bonchev–Trinajstić information content (AvgIpc) is 1.65. The first kappa shape index (κ1) is 7.84. The number of hydrogen-bond acceptors (Lipinski definition) is 4. The molecule has 0 aromatic rings. The van der Waals surface area contributed by atoms with Crippen molar-refractivity contribution in [3.63, 3.8) is 0 Å². The van der Waals surface area contributed by atoms with Crippen molar-refractivity contribution in [2.24, 2.45) is 5.73 Å². The van der Waals surface area contributed by atoms with Crippen molar-refractivity contribution >= 4 is 0 Å². The molecule has 0 aromatic heterocycles. The Hall–Kier alpha value is -0.160. The molecule has 1 atom stereocenters. The third-order valence-electron chi connectivity index (χ3n) is 0.748. The van der Waals surface area contributed by atoms with Gasteiger partial charge < -0.3 is 21.1 Å². The summed E-state index contributed by atoms with van der Waals surface area (Å²) >= 11 is 0. The lowest BCUT2D eigenvalue weighted by atomic mass is 10.2. The summed E-state index contributed by atoms with van der Waals surface area (Å²) in [6.07, 6.45) is -1.38. The normalized spacial score (nSPS) is 14.6. The summed E-state index contributed by atoms with van der Waals surface area (Å²) in [5.41, 5.74) is 5.10. The van der Waals surface area contributed by atoms with E-state index in [-0.39, 0.29) is 13.0 Å². The Morgan fingerprint density at radius 3 is 2.00 bits per heavy atom. The van der Waals surface area contributed by atoms with Crippen molar-refractivity contribution in [1.29, 1.82) is 0 Å². The van der Waals surface area contributed by atoms with Gasteiger partial charge in [0.25, 0.3) is 0 Å². The van der Waals surface area contributed by atoms with Gasteiger partial charge >= 0.3 is 0 Å². The van der Waals surface area contributed by atoms with Gasteiger partial charge in [-0.15, -0.1) is 0 Å². The van der Waals surface area contributed by atoms with Gasteiger partial charge in [0, 0.05) is 12.5 Å². The van der Waals surface area contributed by atoms with Crippen molar-refractivity contribution in [2.45, 2.75) is 18.8 Å². The van der Waals surface area contributed by atoms with Gasteiger partial charge in [-0.3, -0.25) is 0 Å². The summed E-state index contributed by atoms with van der Waals surface area (Å²) in [5, 5.41) is 24.7. The molecule has 0 amide bonds. The third-order valence-corrected chi connectivity index (χ3v) is 0.748. The van der Waals surface area contributed by atoms with Crippen molar-refractivity contribution in [2.75, 3.05) is 6.61 Å². The van der Waals surface area contributed by atoms with Gasteiger partial charge in [0.1, 0.15) is 0 Å². The van der Waals surface area contributed by atoms with E-state index in [1.807, 2.05) is 0 Å². The molecule has 8 heavy (non-hydrogen) atoms. The molecule has 1 unspecified atom stereocenters. The van der Waals surface area contributed by atoms with Crippen LogP contribution in [0.25, 0.3) is 0 Å². The van der Waals surface area contributed by atoms with E-state index in [1.165, 1.54) is 0 Å². The first-order valence-electron chi connectivity index (χ1n) is 2.39. The number of hydrogen-bond donors (Lipinski definition) is 4. The molecule has 0 spiro atoms. The summed E-state index contributed by atoms with van der Waals surface area (Å²) in [7, 11) is 0. The second-order valence-corrected chi connectivity index (χ2v) is 1.66. The molecular formula is C4H11NO3.